The molecular weight excluding hydrogens is 248 g/mol. The van der Waals surface area contributed by atoms with E-state index in [1.807, 2.05) is 24.7 Å². The second-order valence-electron chi connectivity index (χ2n) is 4.11. The van der Waals surface area contributed by atoms with E-state index in [1.165, 1.54) is 0 Å². The Kier molecular flexibility index (Phi) is 3.21. The fraction of sp³-hybridized carbons (Fsp3) is 0.417. The van der Waals surface area contributed by atoms with Crippen molar-refractivity contribution < 1.29 is 4.74 Å². The number of hydrogen-bond donors (Lipinski definition) is 0. The first-order chi connectivity index (χ1) is 8.84. The average molecular weight is 262 g/mol. The van der Waals surface area contributed by atoms with Gasteiger partial charge in [0.2, 0.25) is 5.95 Å². The Morgan fingerprint density at radius 2 is 2.11 bits per heavy atom. The van der Waals surface area contributed by atoms with Gasteiger partial charge in [0, 0.05) is 19.3 Å². The van der Waals surface area contributed by atoms with Crippen molar-refractivity contribution in [3.8, 4) is 10.6 Å². The van der Waals surface area contributed by atoms with E-state index in [1.54, 1.807) is 11.3 Å². The lowest BCUT2D eigenvalue weighted by atomic mass is 10.3. The molecule has 3 rings (SSSR count). The fourth-order valence-electron chi connectivity index (χ4n) is 1.94. The first-order valence-corrected chi connectivity index (χ1v) is 6.79. The highest BCUT2D eigenvalue weighted by atomic mass is 32.1. The zero-order valence-electron chi connectivity index (χ0n) is 10.2. The number of aromatic nitrogens is 3. The second kappa shape index (κ2) is 4.99. The van der Waals surface area contributed by atoms with Crippen molar-refractivity contribution in [3.05, 3.63) is 23.5 Å². The summed E-state index contributed by atoms with van der Waals surface area (Å²) in [6.07, 6.45) is 1.81. The van der Waals surface area contributed by atoms with E-state index >= 15 is 0 Å². The van der Waals surface area contributed by atoms with Crippen molar-refractivity contribution in [2.75, 3.05) is 31.2 Å². The molecule has 0 aromatic carbocycles. The topological polar surface area (TPSA) is 51.1 Å². The molecule has 0 unspecified atom stereocenters. The van der Waals surface area contributed by atoms with Crippen LogP contribution < -0.4 is 4.90 Å². The first kappa shape index (κ1) is 11.6. The van der Waals surface area contributed by atoms with E-state index in [2.05, 4.69) is 19.9 Å². The molecule has 0 atom stereocenters. The normalized spacial score (nSPS) is 15.9. The quantitative estimate of drug-likeness (QED) is 0.825. The Morgan fingerprint density at radius 3 is 2.83 bits per heavy atom. The van der Waals surface area contributed by atoms with Gasteiger partial charge in [0.25, 0.3) is 0 Å². The van der Waals surface area contributed by atoms with Gasteiger partial charge in [0.1, 0.15) is 0 Å². The summed E-state index contributed by atoms with van der Waals surface area (Å²) in [4.78, 5) is 16.5. The third-order valence-corrected chi connectivity index (χ3v) is 3.87. The van der Waals surface area contributed by atoms with Crippen LogP contribution in [0.2, 0.25) is 0 Å². The number of ether oxygens (including phenoxy) is 1. The minimum Gasteiger partial charge on any atom is -0.378 e. The lowest BCUT2D eigenvalue weighted by Gasteiger charge is -2.26. The molecule has 0 spiro atoms. The average Bonchev–Trinajstić information content (AvgIpc) is 2.86. The molecule has 1 aliphatic rings. The van der Waals surface area contributed by atoms with Gasteiger partial charge >= 0.3 is 0 Å². The zero-order chi connectivity index (χ0) is 12.4. The first-order valence-electron chi connectivity index (χ1n) is 5.91. The number of hydrogen-bond acceptors (Lipinski definition) is 6. The van der Waals surface area contributed by atoms with Gasteiger partial charge in [0.05, 0.1) is 35.0 Å². The maximum Gasteiger partial charge on any atom is 0.226 e. The molecule has 5 nitrogen and oxygen atoms in total. The summed E-state index contributed by atoms with van der Waals surface area (Å²) in [6.45, 7) is 5.19. The maximum atomic E-state index is 5.34. The number of aryl methyl sites for hydroxylation is 1. The van der Waals surface area contributed by atoms with E-state index in [-0.39, 0.29) is 0 Å². The minimum absolute atomic E-state index is 0.743. The predicted molar refractivity (Wildman–Crippen MR) is 70.9 cm³/mol. The summed E-state index contributed by atoms with van der Waals surface area (Å²) in [5, 5.41) is 0. The highest BCUT2D eigenvalue weighted by molar-refractivity contribution is 7.13. The molecule has 1 aliphatic heterocycles. The van der Waals surface area contributed by atoms with Gasteiger partial charge in [0.15, 0.2) is 0 Å². The number of morpholine rings is 1. The monoisotopic (exact) mass is 262 g/mol. The fourth-order valence-corrected chi connectivity index (χ4v) is 2.71. The Labute approximate surface area is 109 Å². The van der Waals surface area contributed by atoms with E-state index in [9.17, 15) is 0 Å². The van der Waals surface area contributed by atoms with Gasteiger partial charge in [-0.3, -0.25) is 0 Å². The summed E-state index contributed by atoms with van der Waals surface area (Å²) in [7, 11) is 0. The Bertz CT molecular complexity index is 536. The summed E-state index contributed by atoms with van der Waals surface area (Å²) in [6, 6.07) is 1.93. The third-order valence-electron chi connectivity index (χ3n) is 2.91. The summed E-state index contributed by atoms with van der Waals surface area (Å²) >= 11 is 1.61. The zero-order valence-corrected chi connectivity index (χ0v) is 11.0. The van der Waals surface area contributed by atoms with Gasteiger partial charge in [-0.25, -0.2) is 15.0 Å². The summed E-state index contributed by atoms with van der Waals surface area (Å²) in [5.74, 6) is 0.781. The molecular formula is C12H14N4OS. The van der Waals surface area contributed by atoms with E-state index in [4.69, 9.17) is 4.74 Å². The molecule has 1 saturated heterocycles. The highest BCUT2D eigenvalue weighted by Gasteiger charge is 2.15. The molecule has 0 N–H and O–H groups in total. The van der Waals surface area contributed by atoms with Crippen LogP contribution >= 0.6 is 11.3 Å². The standard InChI is InChI=1S/C12H14N4OS/c1-9-11(18-8-14-9)10-2-3-13-12(15-10)16-4-6-17-7-5-16/h2-3,8H,4-7H2,1H3. The van der Waals surface area contributed by atoms with Crippen LogP contribution in [0.3, 0.4) is 0 Å². The number of rotatable bonds is 2. The molecule has 2 aromatic rings. The van der Waals surface area contributed by atoms with Gasteiger partial charge in [-0.05, 0) is 13.0 Å². The molecule has 1 fully saturated rings. The minimum atomic E-state index is 0.743. The second-order valence-corrected chi connectivity index (χ2v) is 4.96. The molecule has 2 aromatic heterocycles. The maximum absolute atomic E-state index is 5.34. The van der Waals surface area contributed by atoms with Crippen LogP contribution in [0.15, 0.2) is 17.8 Å². The molecule has 0 saturated carbocycles. The van der Waals surface area contributed by atoms with Crippen molar-refractivity contribution in [2.24, 2.45) is 0 Å². The molecule has 0 amide bonds. The lowest BCUT2D eigenvalue weighted by molar-refractivity contribution is 0.122. The summed E-state index contributed by atoms with van der Waals surface area (Å²) < 4.78 is 5.34. The van der Waals surface area contributed by atoms with Crippen LogP contribution in [0.5, 0.6) is 0 Å². The SMILES string of the molecule is Cc1ncsc1-c1ccnc(N2CCOCC2)n1. The highest BCUT2D eigenvalue weighted by Crippen LogP contribution is 2.26. The number of thiazole rings is 1. The molecule has 6 heteroatoms. The van der Waals surface area contributed by atoms with Gasteiger partial charge in [-0.2, -0.15) is 0 Å². The number of anilines is 1. The van der Waals surface area contributed by atoms with Gasteiger partial charge < -0.3 is 9.64 Å². The van der Waals surface area contributed by atoms with Crippen LogP contribution in [0.1, 0.15) is 5.69 Å². The molecule has 94 valence electrons. The van der Waals surface area contributed by atoms with Crippen LogP contribution in [0.4, 0.5) is 5.95 Å². The van der Waals surface area contributed by atoms with Crippen molar-refractivity contribution >= 4 is 17.3 Å². The summed E-state index contributed by atoms with van der Waals surface area (Å²) in [5.41, 5.74) is 3.82. The number of nitrogens with zero attached hydrogens (tertiary/aromatic N) is 4. The van der Waals surface area contributed by atoms with Crippen molar-refractivity contribution in [1.29, 1.82) is 0 Å². The third kappa shape index (κ3) is 2.21. The molecule has 0 aliphatic carbocycles. The van der Waals surface area contributed by atoms with E-state index in [0.717, 1.165) is 48.5 Å². The Hall–Kier alpha value is -1.53. The molecule has 3 heterocycles. The Balaban J connectivity index is 1.91. The molecule has 0 radical (unpaired) electrons. The van der Waals surface area contributed by atoms with E-state index in [0.29, 0.717) is 0 Å². The van der Waals surface area contributed by atoms with Crippen LogP contribution in [-0.4, -0.2) is 41.3 Å². The van der Waals surface area contributed by atoms with Crippen LogP contribution in [0.25, 0.3) is 10.6 Å². The largest absolute Gasteiger partial charge is 0.378 e. The molecule has 0 bridgehead atoms. The van der Waals surface area contributed by atoms with Gasteiger partial charge in [-0.1, -0.05) is 0 Å². The van der Waals surface area contributed by atoms with Crippen LogP contribution in [-0.2, 0) is 4.74 Å². The van der Waals surface area contributed by atoms with Crippen molar-refractivity contribution in [3.63, 3.8) is 0 Å². The van der Waals surface area contributed by atoms with Crippen LogP contribution in [0, 0.1) is 6.92 Å². The lowest BCUT2D eigenvalue weighted by Crippen LogP contribution is -2.37. The smallest absolute Gasteiger partial charge is 0.226 e. The molecule has 18 heavy (non-hydrogen) atoms. The Morgan fingerprint density at radius 1 is 1.28 bits per heavy atom. The van der Waals surface area contributed by atoms with Crippen molar-refractivity contribution in [2.45, 2.75) is 6.92 Å². The predicted octanol–water partition coefficient (Wildman–Crippen LogP) is 1.75. The van der Waals surface area contributed by atoms with E-state index < -0.39 is 0 Å². The van der Waals surface area contributed by atoms with Crippen molar-refractivity contribution in [1.82, 2.24) is 15.0 Å². The van der Waals surface area contributed by atoms with Gasteiger partial charge in [-0.15, -0.1) is 11.3 Å².